The molecule has 2 heteroatoms. The van der Waals surface area contributed by atoms with Crippen molar-refractivity contribution in [3.05, 3.63) is 0 Å². The lowest BCUT2D eigenvalue weighted by Gasteiger charge is -2.19. The van der Waals surface area contributed by atoms with Crippen LogP contribution in [0.4, 0.5) is 0 Å². The maximum Gasteiger partial charge on any atom is 0.0584 e. The van der Waals surface area contributed by atoms with Crippen molar-refractivity contribution >= 4 is 0 Å². The number of aliphatic hydroxyl groups excluding tert-OH is 1. The van der Waals surface area contributed by atoms with E-state index in [1.807, 2.05) is 0 Å². The van der Waals surface area contributed by atoms with E-state index in [-0.39, 0.29) is 6.61 Å². The van der Waals surface area contributed by atoms with Crippen molar-refractivity contribution in [2.45, 2.75) is 45.2 Å². The van der Waals surface area contributed by atoms with E-state index < -0.39 is 0 Å². The van der Waals surface area contributed by atoms with E-state index in [1.165, 1.54) is 12.8 Å². The Morgan fingerprint density at radius 1 is 1.55 bits per heavy atom. The highest BCUT2D eigenvalue weighted by atomic mass is 16.3. The zero-order valence-corrected chi connectivity index (χ0v) is 7.51. The van der Waals surface area contributed by atoms with Crippen LogP contribution in [0.5, 0.6) is 0 Å². The van der Waals surface area contributed by atoms with Gasteiger partial charge in [0.2, 0.25) is 0 Å². The summed E-state index contributed by atoms with van der Waals surface area (Å²) in [6.07, 6.45) is 3.76. The normalized spacial score (nSPS) is 23.2. The fourth-order valence-electron chi connectivity index (χ4n) is 1.40. The Hall–Kier alpha value is -0.0800. The molecular weight excluding hydrogens is 138 g/mol. The average molecular weight is 157 g/mol. The van der Waals surface area contributed by atoms with Gasteiger partial charge in [0.25, 0.3) is 0 Å². The third-order valence-electron chi connectivity index (χ3n) is 2.54. The first-order valence-electron chi connectivity index (χ1n) is 4.64. The van der Waals surface area contributed by atoms with Gasteiger partial charge in [0.15, 0.2) is 0 Å². The van der Waals surface area contributed by atoms with E-state index in [4.69, 9.17) is 5.11 Å². The van der Waals surface area contributed by atoms with Gasteiger partial charge in [0.1, 0.15) is 0 Å². The summed E-state index contributed by atoms with van der Waals surface area (Å²) in [4.78, 5) is 0. The zero-order valence-electron chi connectivity index (χ0n) is 7.51. The minimum Gasteiger partial charge on any atom is -0.395 e. The maximum atomic E-state index is 8.91. The van der Waals surface area contributed by atoms with Gasteiger partial charge >= 0.3 is 0 Å². The van der Waals surface area contributed by atoms with Gasteiger partial charge < -0.3 is 10.4 Å². The highest BCUT2D eigenvalue weighted by Crippen LogP contribution is 2.32. The molecule has 0 amide bonds. The first-order valence-corrected chi connectivity index (χ1v) is 4.64. The number of rotatable bonds is 5. The van der Waals surface area contributed by atoms with E-state index in [0.717, 1.165) is 12.3 Å². The molecule has 0 bridgehead atoms. The van der Waals surface area contributed by atoms with Gasteiger partial charge in [-0.15, -0.1) is 0 Å². The second kappa shape index (κ2) is 4.07. The third kappa shape index (κ3) is 2.80. The second-order valence-electron chi connectivity index (χ2n) is 3.58. The molecule has 0 aliphatic heterocycles. The van der Waals surface area contributed by atoms with Crippen LogP contribution in [0.1, 0.15) is 33.1 Å². The lowest BCUT2D eigenvalue weighted by molar-refractivity contribution is 0.226. The fraction of sp³-hybridized carbons (Fsp3) is 1.00. The van der Waals surface area contributed by atoms with Gasteiger partial charge in [-0.1, -0.05) is 6.92 Å². The summed E-state index contributed by atoms with van der Waals surface area (Å²) in [5.41, 5.74) is 0. The Kier molecular flexibility index (Phi) is 3.34. The van der Waals surface area contributed by atoms with Gasteiger partial charge in [-0.05, 0) is 32.1 Å². The molecular formula is C9H19NO. The van der Waals surface area contributed by atoms with Gasteiger partial charge in [0, 0.05) is 12.1 Å². The van der Waals surface area contributed by atoms with Crippen molar-refractivity contribution in [1.82, 2.24) is 5.32 Å². The first kappa shape index (κ1) is 9.01. The third-order valence-corrected chi connectivity index (χ3v) is 2.54. The average Bonchev–Trinajstić information content (AvgIpc) is 2.81. The SMILES string of the molecule is CC[C@H](CO)N[C@H](C)C1CC1. The quantitative estimate of drug-likeness (QED) is 0.627. The highest BCUT2D eigenvalue weighted by molar-refractivity contribution is 4.85. The molecule has 11 heavy (non-hydrogen) atoms. The van der Waals surface area contributed by atoms with E-state index in [1.54, 1.807) is 0 Å². The monoisotopic (exact) mass is 157 g/mol. The zero-order chi connectivity index (χ0) is 8.27. The van der Waals surface area contributed by atoms with Crippen LogP contribution in [0.3, 0.4) is 0 Å². The molecule has 0 saturated heterocycles. The van der Waals surface area contributed by atoms with Crippen LogP contribution in [0.15, 0.2) is 0 Å². The van der Waals surface area contributed by atoms with Crippen LogP contribution >= 0.6 is 0 Å². The van der Waals surface area contributed by atoms with Crippen LogP contribution in [0, 0.1) is 5.92 Å². The first-order chi connectivity index (χ1) is 5.27. The Morgan fingerprint density at radius 2 is 2.18 bits per heavy atom. The van der Waals surface area contributed by atoms with Crippen molar-refractivity contribution < 1.29 is 5.11 Å². The van der Waals surface area contributed by atoms with Crippen molar-refractivity contribution in [1.29, 1.82) is 0 Å². The molecule has 2 atom stereocenters. The summed E-state index contributed by atoms with van der Waals surface area (Å²) in [5.74, 6) is 0.885. The van der Waals surface area contributed by atoms with E-state index in [0.29, 0.717) is 12.1 Å². The van der Waals surface area contributed by atoms with Gasteiger partial charge in [-0.2, -0.15) is 0 Å². The minimum absolute atomic E-state index is 0.271. The summed E-state index contributed by atoms with van der Waals surface area (Å²) < 4.78 is 0. The van der Waals surface area contributed by atoms with Crippen LogP contribution < -0.4 is 5.32 Å². The Morgan fingerprint density at radius 3 is 2.55 bits per heavy atom. The van der Waals surface area contributed by atoms with Crippen LogP contribution in [-0.4, -0.2) is 23.8 Å². The Bertz CT molecular complexity index is 108. The predicted molar refractivity (Wildman–Crippen MR) is 46.5 cm³/mol. The van der Waals surface area contributed by atoms with Crippen molar-refractivity contribution in [3.8, 4) is 0 Å². The van der Waals surface area contributed by atoms with E-state index >= 15 is 0 Å². The van der Waals surface area contributed by atoms with Crippen molar-refractivity contribution in [2.75, 3.05) is 6.61 Å². The topological polar surface area (TPSA) is 32.3 Å². The van der Waals surface area contributed by atoms with Crippen molar-refractivity contribution in [2.24, 2.45) is 5.92 Å². The maximum absolute atomic E-state index is 8.91. The van der Waals surface area contributed by atoms with Crippen LogP contribution in [0.25, 0.3) is 0 Å². The lowest BCUT2D eigenvalue weighted by Crippen LogP contribution is -2.39. The molecule has 0 unspecified atom stereocenters. The molecule has 1 saturated carbocycles. The lowest BCUT2D eigenvalue weighted by atomic mass is 10.1. The summed E-state index contributed by atoms with van der Waals surface area (Å²) in [6, 6.07) is 0.915. The van der Waals surface area contributed by atoms with Crippen LogP contribution in [-0.2, 0) is 0 Å². The molecule has 1 fully saturated rings. The number of hydrogen-bond acceptors (Lipinski definition) is 2. The molecule has 1 aliphatic carbocycles. The van der Waals surface area contributed by atoms with Gasteiger partial charge in [-0.3, -0.25) is 0 Å². The molecule has 0 heterocycles. The fourth-order valence-corrected chi connectivity index (χ4v) is 1.40. The Labute approximate surface area is 69.0 Å². The van der Waals surface area contributed by atoms with Gasteiger partial charge in [0.05, 0.1) is 6.61 Å². The molecule has 1 rings (SSSR count). The summed E-state index contributed by atoms with van der Waals surface area (Å²) in [5, 5.41) is 12.3. The number of hydrogen-bond donors (Lipinski definition) is 2. The number of nitrogens with one attached hydrogen (secondary N) is 1. The van der Waals surface area contributed by atoms with Crippen LogP contribution in [0.2, 0.25) is 0 Å². The van der Waals surface area contributed by atoms with Gasteiger partial charge in [-0.25, -0.2) is 0 Å². The molecule has 0 spiro atoms. The largest absolute Gasteiger partial charge is 0.395 e. The molecule has 0 aromatic carbocycles. The minimum atomic E-state index is 0.271. The summed E-state index contributed by atoms with van der Waals surface area (Å²) >= 11 is 0. The van der Waals surface area contributed by atoms with Crippen molar-refractivity contribution in [3.63, 3.8) is 0 Å². The second-order valence-corrected chi connectivity index (χ2v) is 3.58. The molecule has 2 nitrogen and oxygen atoms in total. The molecule has 66 valence electrons. The standard InChI is InChI=1S/C9H19NO/c1-3-9(6-11)10-7(2)8-4-5-8/h7-11H,3-6H2,1-2H3/t7-,9-/m1/s1. The summed E-state index contributed by atoms with van der Waals surface area (Å²) in [7, 11) is 0. The molecule has 2 N–H and O–H groups in total. The molecule has 0 aromatic heterocycles. The molecule has 1 aliphatic rings. The Balaban J connectivity index is 2.15. The smallest absolute Gasteiger partial charge is 0.0584 e. The highest BCUT2D eigenvalue weighted by Gasteiger charge is 2.28. The van der Waals surface area contributed by atoms with E-state index in [2.05, 4.69) is 19.2 Å². The molecule has 0 aromatic rings. The predicted octanol–water partition coefficient (Wildman–Crippen LogP) is 1.15. The van der Waals surface area contributed by atoms with E-state index in [9.17, 15) is 0 Å². The molecule has 0 radical (unpaired) electrons. The summed E-state index contributed by atoms with van der Waals surface area (Å²) in [6.45, 7) is 4.59. The number of aliphatic hydroxyl groups is 1.